The summed E-state index contributed by atoms with van der Waals surface area (Å²) in [5.74, 6) is -2.85. The molecule has 220 valence electrons. The molecule has 0 aliphatic heterocycles. The summed E-state index contributed by atoms with van der Waals surface area (Å²) in [6, 6.07) is 5.62. The Morgan fingerprint density at radius 2 is 1.52 bits per heavy atom. The van der Waals surface area contributed by atoms with Gasteiger partial charge in [0, 0.05) is 35.8 Å². The van der Waals surface area contributed by atoms with Crippen molar-refractivity contribution in [2.75, 3.05) is 25.1 Å². The van der Waals surface area contributed by atoms with E-state index in [1.807, 2.05) is 20.1 Å². The zero-order chi connectivity index (χ0) is 29.8. The Hall–Kier alpha value is -3.02. The van der Waals surface area contributed by atoms with Crippen molar-refractivity contribution >= 4 is 29.5 Å². The van der Waals surface area contributed by atoms with Gasteiger partial charge in [0.05, 0.1) is 12.1 Å². The fourth-order valence-corrected chi connectivity index (χ4v) is 4.88. The van der Waals surface area contributed by atoms with Crippen LogP contribution in [0.2, 0.25) is 0 Å². The highest BCUT2D eigenvalue weighted by Crippen LogP contribution is 2.18. The third-order valence-corrected chi connectivity index (χ3v) is 7.05. The van der Waals surface area contributed by atoms with Gasteiger partial charge in [-0.1, -0.05) is 13.8 Å². The minimum atomic E-state index is -1.47. The highest BCUT2D eigenvalue weighted by atomic mass is 32.2. The van der Waals surface area contributed by atoms with Gasteiger partial charge in [0.15, 0.2) is 0 Å². The van der Waals surface area contributed by atoms with Crippen molar-refractivity contribution in [3.8, 4) is 0 Å². The Morgan fingerprint density at radius 1 is 0.950 bits per heavy atom. The number of hydrogen-bond acceptors (Lipinski definition) is 6. The molecule has 3 unspecified atom stereocenters. The Bertz CT molecular complexity index is 1140. The van der Waals surface area contributed by atoms with Crippen molar-refractivity contribution < 1.29 is 33.4 Å². The SMILES string of the molecule is CCCN(CCC)C(=O)c1cc(C(N)=O)cc(C(=O)NC(Cc2cc(F)cc(F)c2)C(O)C(O)CCCSC)c1. The van der Waals surface area contributed by atoms with Crippen molar-refractivity contribution in [3.05, 3.63) is 70.3 Å². The highest BCUT2D eigenvalue weighted by Gasteiger charge is 2.29. The molecule has 5 N–H and O–H groups in total. The van der Waals surface area contributed by atoms with Crippen LogP contribution >= 0.6 is 11.8 Å². The predicted molar refractivity (Wildman–Crippen MR) is 152 cm³/mol. The average Bonchev–Trinajstić information content (AvgIpc) is 2.90. The molecule has 0 aliphatic rings. The molecule has 11 heteroatoms. The largest absolute Gasteiger partial charge is 0.390 e. The molecule has 0 bridgehead atoms. The van der Waals surface area contributed by atoms with Gasteiger partial charge in [-0.25, -0.2) is 8.78 Å². The second kappa shape index (κ2) is 16.3. The molecule has 40 heavy (non-hydrogen) atoms. The van der Waals surface area contributed by atoms with Gasteiger partial charge >= 0.3 is 0 Å². The number of rotatable bonds is 16. The summed E-state index contributed by atoms with van der Waals surface area (Å²) < 4.78 is 27.7. The molecular formula is C29H39F2N3O5S. The summed E-state index contributed by atoms with van der Waals surface area (Å²) in [4.78, 5) is 40.3. The Balaban J connectivity index is 2.42. The first-order valence-corrected chi connectivity index (χ1v) is 14.7. The number of amides is 3. The zero-order valence-corrected chi connectivity index (χ0v) is 24.0. The van der Waals surface area contributed by atoms with Crippen LogP contribution in [0, 0.1) is 11.6 Å². The van der Waals surface area contributed by atoms with Crippen LogP contribution in [0.4, 0.5) is 8.78 Å². The lowest BCUT2D eigenvalue weighted by molar-refractivity contribution is -0.00732. The number of hydrogen-bond donors (Lipinski definition) is 4. The van der Waals surface area contributed by atoms with E-state index in [1.165, 1.54) is 18.2 Å². The maximum atomic E-state index is 13.9. The Labute approximate surface area is 238 Å². The fourth-order valence-electron chi connectivity index (χ4n) is 4.43. The maximum absolute atomic E-state index is 13.9. The molecule has 3 atom stereocenters. The third-order valence-electron chi connectivity index (χ3n) is 6.35. The summed E-state index contributed by atoms with van der Waals surface area (Å²) in [6.45, 7) is 4.84. The van der Waals surface area contributed by atoms with Crippen LogP contribution in [0.5, 0.6) is 0 Å². The summed E-state index contributed by atoms with van der Waals surface area (Å²) in [5, 5.41) is 24.2. The number of carbonyl (C=O) groups excluding carboxylic acids is 3. The Morgan fingerprint density at radius 3 is 2.08 bits per heavy atom. The molecule has 8 nitrogen and oxygen atoms in total. The fraction of sp³-hybridized carbons (Fsp3) is 0.483. The van der Waals surface area contributed by atoms with Gasteiger partial charge in [-0.15, -0.1) is 0 Å². The lowest BCUT2D eigenvalue weighted by Gasteiger charge is -2.28. The van der Waals surface area contributed by atoms with Crippen LogP contribution in [0.15, 0.2) is 36.4 Å². The van der Waals surface area contributed by atoms with Gasteiger partial charge in [0.2, 0.25) is 5.91 Å². The summed E-state index contributed by atoms with van der Waals surface area (Å²) in [6.07, 6.45) is 1.31. The van der Waals surface area contributed by atoms with Crippen LogP contribution in [-0.4, -0.2) is 76.2 Å². The second-order valence-electron chi connectivity index (χ2n) is 9.71. The summed E-state index contributed by atoms with van der Waals surface area (Å²) >= 11 is 1.58. The number of benzene rings is 2. The van der Waals surface area contributed by atoms with E-state index in [0.717, 1.165) is 17.9 Å². The third kappa shape index (κ3) is 9.87. The number of primary amides is 1. The van der Waals surface area contributed by atoms with E-state index >= 15 is 0 Å². The van der Waals surface area contributed by atoms with E-state index in [0.29, 0.717) is 38.4 Å². The summed E-state index contributed by atoms with van der Waals surface area (Å²) in [7, 11) is 0. The van der Waals surface area contributed by atoms with Crippen LogP contribution in [0.25, 0.3) is 0 Å². The quantitative estimate of drug-likeness (QED) is 0.225. The van der Waals surface area contributed by atoms with Crippen molar-refractivity contribution in [3.63, 3.8) is 0 Å². The molecular weight excluding hydrogens is 540 g/mol. The highest BCUT2D eigenvalue weighted by molar-refractivity contribution is 7.98. The van der Waals surface area contributed by atoms with E-state index in [2.05, 4.69) is 5.32 Å². The molecule has 2 rings (SSSR count). The van der Waals surface area contributed by atoms with Crippen molar-refractivity contribution in [1.82, 2.24) is 10.2 Å². The van der Waals surface area contributed by atoms with Gasteiger partial charge in [0.1, 0.15) is 17.7 Å². The number of carbonyl (C=O) groups is 3. The van der Waals surface area contributed by atoms with Crippen molar-refractivity contribution in [2.45, 2.75) is 64.2 Å². The monoisotopic (exact) mass is 579 g/mol. The van der Waals surface area contributed by atoms with E-state index in [-0.39, 0.29) is 41.0 Å². The normalized spacial score (nSPS) is 13.4. The number of nitrogens with one attached hydrogen (secondary N) is 1. The first-order chi connectivity index (χ1) is 19.0. The van der Waals surface area contributed by atoms with Crippen molar-refractivity contribution in [1.29, 1.82) is 0 Å². The van der Waals surface area contributed by atoms with Gasteiger partial charge in [-0.3, -0.25) is 14.4 Å². The number of halogens is 2. The van der Waals surface area contributed by atoms with E-state index < -0.39 is 41.7 Å². The molecule has 0 heterocycles. The van der Waals surface area contributed by atoms with Crippen molar-refractivity contribution in [2.24, 2.45) is 5.73 Å². The molecule has 0 saturated heterocycles. The minimum Gasteiger partial charge on any atom is -0.390 e. The number of nitrogens with zero attached hydrogens (tertiary/aromatic N) is 1. The summed E-state index contributed by atoms with van der Waals surface area (Å²) in [5.41, 5.74) is 5.63. The standard InChI is InChI=1S/C29H39F2N3O5S/c1-4-8-34(9-5-2)29(39)21-15-19(27(32)37)14-20(16-21)28(38)33-24(26(36)25(35)7-6-10-40-3)13-18-11-22(30)17-23(31)12-18/h11-12,14-17,24-26,35-36H,4-10,13H2,1-3H3,(H2,32,37)(H,33,38). The molecule has 0 saturated carbocycles. The van der Waals surface area contributed by atoms with Gasteiger partial charge in [-0.2, -0.15) is 11.8 Å². The molecule has 0 spiro atoms. The first-order valence-electron chi connectivity index (χ1n) is 13.4. The zero-order valence-electron chi connectivity index (χ0n) is 23.2. The predicted octanol–water partition coefficient (Wildman–Crippen LogP) is 3.53. The van der Waals surface area contributed by atoms with E-state index in [1.54, 1.807) is 16.7 Å². The average molecular weight is 580 g/mol. The van der Waals surface area contributed by atoms with Gasteiger partial charge in [-0.05, 0) is 80.0 Å². The first kappa shape index (κ1) is 33.2. The number of aliphatic hydroxyl groups is 2. The molecule has 0 aromatic heterocycles. The molecule has 0 aliphatic carbocycles. The Kier molecular flexibility index (Phi) is 13.5. The molecule has 3 amide bonds. The lowest BCUT2D eigenvalue weighted by Crippen LogP contribution is -2.50. The van der Waals surface area contributed by atoms with Gasteiger partial charge < -0.3 is 26.2 Å². The van der Waals surface area contributed by atoms with E-state index in [9.17, 15) is 33.4 Å². The minimum absolute atomic E-state index is 0.0506. The molecule has 0 radical (unpaired) electrons. The molecule has 2 aromatic carbocycles. The van der Waals surface area contributed by atoms with Crippen LogP contribution < -0.4 is 11.1 Å². The second-order valence-corrected chi connectivity index (χ2v) is 10.7. The molecule has 2 aromatic rings. The lowest BCUT2D eigenvalue weighted by atomic mass is 9.95. The van der Waals surface area contributed by atoms with E-state index in [4.69, 9.17) is 5.73 Å². The van der Waals surface area contributed by atoms with Crippen LogP contribution in [0.1, 0.15) is 76.2 Å². The number of nitrogens with two attached hydrogens (primary N) is 1. The smallest absolute Gasteiger partial charge is 0.253 e. The molecule has 0 fully saturated rings. The maximum Gasteiger partial charge on any atom is 0.253 e. The number of thioether (sulfide) groups is 1. The topological polar surface area (TPSA) is 133 Å². The number of aliphatic hydroxyl groups excluding tert-OH is 2. The van der Waals surface area contributed by atoms with Gasteiger partial charge in [0.25, 0.3) is 11.8 Å². The van der Waals surface area contributed by atoms with Crippen LogP contribution in [-0.2, 0) is 6.42 Å². The van der Waals surface area contributed by atoms with Crippen LogP contribution in [0.3, 0.4) is 0 Å².